The molecule has 3 rings (SSSR count). The minimum absolute atomic E-state index is 0.0323. The molecule has 1 saturated heterocycles. The molecule has 12 heteroatoms. The van der Waals surface area contributed by atoms with Crippen LogP contribution >= 0.6 is 0 Å². The van der Waals surface area contributed by atoms with E-state index in [1.165, 1.54) is 14.1 Å². The SMILES string of the molecule is CC(=O)OCC12Cc3c(c(=O)[nH]c(=O)n3C)OC1(O)C(=O)NC(=O)N2C. The molecule has 140 valence electrons. The lowest BCUT2D eigenvalue weighted by Gasteiger charge is -2.54. The van der Waals surface area contributed by atoms with E-state index in [0.29, 0.717) is 0 Å². The van der Waals surface area contributed by atoms with Gasteiger partial charge in [0.25, 0.3) is 5.56 Å². The van der Waals surface area contributed by atoms with Crippen LogP contribution < -0.4 is 21.3 Å². The first-order chi connectivity index (χ1) is 12.0. The van der Waals surface area contributed by atoms with E-state index in [0.717, 1.165) is 16.4 Å². The van der Waals surface area contributed by atoms with Crippen LogP contribution in [0.25, 0.3) is 0 Å². The first-order valence-electron chi connectivity index (χ1n) is 7.49. The summed E-state index contributed by atoms with van der Waals surface area (Å²) in [6.07, 6.45) is -0.350. The van der Waals surface area contributed by atoms with Gasteiger partial charge >= 0.3 is 29.4 Å². The van der Waals surface area contributed by atoms with Crippen LogP contribution in [-0.4, -0.2) is 62.4 Å². The van der Waals surface area contributed by atoms with Gasteiger partial charge in [0.05, 0.1) is 5.69 Å². The fourth-order valence-electron chi connectivity index (χ4n) is 3.12. The van der Waals surface area contributed by atoms with Gasteiger partial charge in [0.15, 0.2) is 5.54 Å². The highest BCUT2D eigenvalue weighted by molar-refractivity contribution is 6.02. The van der Waals surface area contributed by atoms with E-state index in [2.05, 4.69) is 0 Å². The van der Waals surface area contributed by atoms with E-state index in [1.807, 2.05) is 10.3 Å². The number of hydrogen-bond acceptors (Lipinski definition) is 8. The highest BCUT2D eigenvalue weighted by Crippen LogP contribution is 2.42. The number of rotatable bonds is 2. The highest BCUT2D eigenvalue weighted by atomic mass is 16.6. The van der Waals surface area contributed by atoms with E-state index < -0.39 is 52.8 Å². The summed E-state index contributed by atoms with van der Waals surface area (Å²) >= 11 is 0. The number of aromatic amines is 1. The average molecular weight is 368 g/mol. The number of ether oxygens (including phenoxy) is 2. The third kappa shape index (κ3) is 2.15. The molecule has 1 aromatic rings. The summed E-state index contributed by atoms with van der Waals surface area (Å²) in [5, 5.41) is 12.9. The monoisotopic (exact) mass is 368 g/mol. The summed E-state index contributed by atoms with van der Waals surface area (Å²) in [5.41, 5.74) is -3.54. The van der Waals surface area contributed by atoms with Crippen molar-refractivity contribution in [3.05, 3.63) is 26.5 Å². The van der Waals surface area contributed by atoms with Crippen LogP contribution in [0.15, 0.2) is 9.59 Å². The second-order valence-electron chi connectivity index (χ2n) is 6.15. The van der Waals surface area contributed by atoms with Crippen LogP contribution in [0.3, 0.4) is 0 Å². The van der Waals surface area contributed by atoms with Crippen molar-refractivity contribution < 1.29 is 29.0 Å². The Morgan fingerprint density at radius 3 is 2.58 bits per heavy atom. The summed E-state index contributed by atoms with van der Waals surface area (Å²) in [7, 11) is 2.60. The van der Waals surface area contributed by atoms with Gasteiger partial charge < -0.3 is 19.5 Å². The van der Waals surface area contributed by atoms with E-state index in [9.17, 15) is 29.1 Å². The zero-order chi connectivity index (χ0) is 19.4. The normalized spacial score (nSPS) is 27.2. The van der Waals surface area contributed by atoms with Gasteiger partial charge in [-0.2, -0.15) is 0 Å². The standard InChI is InChI=1S/C14H16N4O8/c1-6(19)25-5-13-4-7-8(9(20)15-11(22)17(7)2)26-14(13,24)10(21)16-12(23)18(13)3/h24H,4-5H2,1-3H3,(H,15,20,22)(H,16,21,23). The number of urea groups is 1. The Hall–Kier alpha value is -3.15. The molecule has 0 aliphatic carbocycles. The molecule has 0 bridgehead atoms. The average Bonchev–Trinajstić information content (AvgIpc) is 2.56. The van der Waals surface area contributed by atoms with Gasteiger partial charge in [-0.25, -0.2) is 9.59 Å². The van der Waals surface area contributed by atoms with Crippen molar-refractivity contribution in [2.45, 2.75) is 24.7 Å². The van der Waals surface area contributed by atoms with Crippen molar-refractivity contribution in [1.82, 2.24) is 19.8 Å². The largest absolute Gasteiger partial charge is 0.463 e. The van der Waals surface area contributed by atoms with E-state index in [-0.39, 0.29) is 12.1 Å². The number of fused-ring (bicyclic) bond motifs is 2. The molecule has 1 aromatic heterocycles. The van der Waals surface area contributed by atoms with Gasteiger partial charge in [0.1, 0.15) is 6.61 Å². The summed E-state index contributed by atoms with van der Waals surface area (Å²) in [5.74, 6) is -5.10. The molecule has 3 heterocycles. The maximum Gasteiger partial charge on any atom is 0.328 e. The van der Waals surface area contributed by atoms with Gasteiger partial charge in [-0.1, -0.05) is 0 Å². The Morgan fingerprint density at radius 2 is 1.96 bits per heavy atom. The van der Waals surface area contributed by atoms with Crippen molar-refractivity contribution in [3.8, 4) is 5.75 Å². The van der Waals surface area contributed by atoms with Crippen LogP contribution in [0.4, 0.5) is 4.79 Å². The molecule has 0 saturated carbocycles. The fourth-order valence-corrected chi connectivity index (χ4v) is 3.12. The number of carbonyl (C=O) groups excluding carboxylic acids is 3. The van der Waals surface area contributed by atoms with Gasteiger partial charge in [0, 0.05) is 27.4 Å². The van der Waals surface area contributed by atoms with E-state index in [4.69, 9.17) is 9.47 Å². The number of nitrogens with one attached hydrogen (secondary N) is 2. The lowest BCUT2D eigenvalue weighted by atomic mass is 9.78. The number of hydrogen-bond donors (Lipinski definition) is 3. The number of carbonyl (C=O) groups is 3. The number of amides is 3. The first-order valence-corrected chi connectivity index (χ1v) is 7.49. The number of H-pyrrole nitrogens is 1. The molecule has 3 N–H and O–H groups in total. The van der Waals surface area contributed by atoms with Gasteiger partial charge in [0.2, 0.25) is 5.75 Å². The molecular weight excluding hydrogens is 352 g/mol. The first kappa shape index (κ1) is 17.7. The lowest BCUT2D eigenvalue weighted by Crippen LogP contribution is -2.82. The second-order valence-corrected chi connectivity index (χ2v) is 6.15. The molecule has 12 nitrogen and oxygen atoms in total. The molecule has 2 unspecified atom stereocenters. The van der Waals surface area contributed by atoms with Crippen molar-refractivity contribution >= 4 is 17.9 Å². The second kappa shape index (κ2) is 5.42. The molecule has 2 aliphatic heterocycles. The van der Waals surface area contributed by atoms with Crippen LogP contribution in [0.5, 0.6) is 5.75 Å². The number of aromatic nitrogens is 2. The quantitative estimate of drug-likeness (QED) is 0.471. The highest BCUT2D eigenvalue weighted by Gasteiger charge is 2.69. The van der Waals surface area contributed by atoms with Crippen LogP contribution in [-0.2, 0) is 27.8 Å². The number of esters is 1. The lowest BCUT2D eigenvalue weighted by molar-refractivity contribution is -0.241. The van der Waals surface area contributed by atoms with Crippen molar-refractivity contribution in [2.75, 3.05) is 13.7 Å². The molecule has 2 aliphatic rings. The minimum Gasteiger partial charge on any atom is -0.463 e. The number of likely N-dealkylation sites (N-methyl/N-ethyl adjacent to an activating group) is 1. The maximum atomic E-state index is 12.4. The Kier molecular flexibility index (Phi) is 3.68. The minimum atomic E-state index is -2.72. The van der Waals surface area contributed by atoms with Gasteiger partial charge in [-0.05, 0) is 0 Å². The Morgan fingerprint density at radius 1 is 1.31 bits per heavy atom. The fraction of sp³-hybridized carbons (Fsp3) is 0.500. The number of nitrogens with zero attached hydrogens (tertiary/aromatic N) is 2. The van der Waals surface area contributed by atoms with Crippen molar-refractivity contribution in [3.63, 3.8) is 0 Å². The molecule has 1 fully saturated rings. The van der Waals surface area contributed by atoms with Crippen LogP contribution in [0.1, 0.15) is 12.6 Å². The van der Waals surface area contributed by atoms with E-state index in [1.54, 1.807) is 0 Å². The van der Waals surface area contributed by atoms with Gasteiger partial charge in [-0.15, -0.1) is 0 Å². The molecule has 2 atom stereocenters. The van der Waals surface area contributed by atoms with Crippen LogP contribution in [0, 0.1) is 0 Å². The van der Waals surface area contributed by atoms with Crippen molar-refractivity contribution in [2.24, 2.45) is 7.05 Å². The molecule has 26 heavy (non-hydrogen) atoms. The maximum absolute atomic E-state index is 12.4. The Labute approximate surface area is 145 Å². The third-order valence-electron chi connectivity index (χ3n) is 4.73. The summed E-state index contributed by atoms with van der Waals surface area (Å²) in [6, 6.07) is -0.867. The van der Waals surface area contributed by atoms with Crippen molar-refractivity contribution in [1.29, 1.82) is 0 Å². The summed E-state index contributed by atoms with van der Waals surface area (Å²) in [6.45, 7) is 0.507. The summed E-state index contributed by atoms with van der Waals surface area (Å²) in [4.78, 5) is 62.7. The molecule has 0 spiro atoms. The number of aliphatic hydroxyl groups is 1. The predicted molar refractivity (Wildman–Crippen MR) is 82.3 cm³/mol. The van der Waals surface area contributed by atoms with E-state index >= 15 is 0 Å². The topological polar surface area (TPSA) is 160 Å². The predicted octanol–water partition coefficient (Wildman–Crippen LogP) is -2.82. The smallest absolute Gasteiger partial charge is 0.328 e. The Bertz CT molecular complexity index is 949. The summed E-state index contributed by atoms with van der Waals surface area (Å²) < 4.78 is 11.3. The Balaban J connectivity index is 2.28. The van der Waals surface area contributed by atoms with Gasteiger partial charge in [-0.3, -0.25) is 29.3 Å². The third-order valence-corrected chi connectivity index (χ3v) is 4.73. The molecule has 3 amide bonds. The molecule has 0 aromatic carbocycles. The number of imide groups is 1. The zero-order valence-corrected chi connectivity index (χ0v) is 14.1. The zero-order valence-electron chi connectivity index (χ0n) is 14.1. The molecule has 0 radical (unpaired) electrons. The molecular formula is C14H16N4O8. The van der Waals surface area contributed by atoms with Crippen LogP contribution in [0.2, 0.25) is 0 Å².